The van der Waals surface area contributed by atoms with Crippen LogP contribution in [0.15, 0.2) is 29.3 Å². The number of fused-ring (bicyclic) bond motifs is 1. The van der Waals surface area contributed by atoms with Crippen LogP contribution in [0.2, 0.25) is 0 Å². The van der Waals surface area contributed by atoms with Gasteiger partial charge in [0.05, 0.1) is 0 Å². The summed E-state index contributed by atoms with van der Waals surface area (Å²) in [4.78, 5) is 36.5. The molecular weight excluding hydrogens is 386 g/mol. The van der Waals surface area contributed by atoms with Crippen molar-refractivity contribution in [3.05, 3.63) is 46.0 Å². The molecule has 1 aliphatic heterocycles. The van der Waals surface area contributed by atoms with Crippen molar-refractivity contribution >= 4 is 38.4 Å². The summed E-state index contributed by atoms with van der Waals surface area (Å²) in [5.41, 5.74) is 3.11. The molecule has 4 rings (SSSR count). The van der Waals surface area contributed by atoms with E-state index < -0.39 is 0 Å². The van der Waals surface area contributed by atoms with Crippen molar-refractivity contribution in [2.75, 3.05) is 23.3 Å². The van der Waals surface area contributed by atoms with Crippen LogP contribution in [0.5, 0.6) is 0 Å². The van der Waals surface area contributed by atoms with Gasteiger partial charge >= 0.3 is 0 Å². The predicted octanol–water partition coefficient (Wildman–Crippen LogP) is 3.34. The molecule has 1 amide bonds. The van der Waals surface area contributed by atoms with Gasteiger partial charge in [0.1, 0.15) is 17.6 Å². The van der Waals surface area contributed by atoms with Crippen molar-refractivity contribution in [3.8, 4) is 0 Å². The Morgan fingerprint density at radius 1 is 1.34 bits per heavy atom. The summed E-state index contributed by atoms with van der Waals surface area (Å²) in [7, 11) is 0. The van der Waals surface area contributed by atoms with Gasteiger partial charge in [-0.15, -0.1) is 0 Å². The zero-order valence-corrected chi connectivity index (χ0v) is 17.8. The van der Waals surface area contributed by atoms with Crippen molar-refractivity contribution in [2.45, 2.75) is 40.2 Å². The summed E-state index contributed by atoms with van der Waals surface area (Å²) in [6, 6.07) is 5.83. The Kier molecular flexibility index (Phi) is 5.36. The highest BCUT2D eigenvalue weighted by atomic mass is 32.1. The van der Waals surface area contributed by atoms with Crippen LogP contribution < -0.4 is 15.8 Å². The molecule has 29 heavy (non-hydrogen) atoms. The average molecular weight is 412 g/mol. The van der Waals surface area contributed by atoms with Crippen molar-refractivity contribution in [1.82, 2.24) is 14.5 Å². The number of aryl methyl sites for hydroxylation is 2. The lowest BCUT2D eigenvalue weighted by Gasteiger charge is -2.30. The third-order valence-corrected chi connectivity index (χ3v) is 6.36. The molecule has 1 aliphatic rings. The fraction of sp³-hybridized carbons (Fsp3) is 0.429. The number of amides is 1. The number of rotatable bonds is 4. The van der Waals surface area contributed by atoms with Gasteiger partial charge in [0.2, 0.25) is 5.91 Å². The number of aromatic nitrogens is 3. The standard InChI is InChI=1S/C21H25N5O2S/c1-13-6-7-16(15(3)9-13)23-17(27)11-26-12-22-19-18(20(26)28)29-21(24-19)25-8-4-5-14(2)10-25/h6-7,9,12,14H,4-5,8,10-11H2,1-3H3,(H,23,27). The summed E-state index contributed by atoms with van der Waals surface area (Å²) in [6.45, 7) is 8.01. The number of benzene rings is 1. The summed E-state index contributed by atoms with van der Waals surface area (Å²) in [5, 5.41) is 3.72. The Balaban J connectivity index is 1.54. The quantitative estimate of drug-likeness (QED) is 0.712. The first kappa shape index (κ1) is 19.6. The molecule has 1 aromatic carbocycles. The smallest absolute Gasteiger partial charge is 0.273 e. The summed E-state index contributed by atoms with van der Waals surface area (Å²) < 4.78 is 1.85. The highest BCUT2D eigenvalue weighted by molar-refractivity contribution is 7.22. The molecule has 0 saturated carbocycles. The lowest BCUT2D eigenvalue weighted by atomic mass is 10.0. The van der Waals surface area contributed by atoms with Crippen LogP contribution in [0.3, 0.4) is 0 Å². The number of piperidine rings is 1. The second kappa shape index (κ2) is 7.94. The second-order valence-corrected chi connectivity index (χ2v) is 8.86. The molecule has 0 bridgehead atoms. The maximum Gasteiger partial charge on any atom is 0.273 e. The Morgan fingerprint density at radius 3 is 2.93 bits per heavy atom. The summed E-state index contributed by atoms with van der Waals surface area (Å²) in [5.74, 6) is 0.365. The number of anilines is 2. The second-order valence-electron chi connectivity index (χ2n) is 7.89. The number of hydrogen-bond acceptors (Lipinski definition) is 6. The van der Waals surface area contributed by atoms with Crippen molar-refractivity contribution in [1.29, 1.82) is 0 Å². The Labute approximate surface area is 173 Å². The van der Waals surface area contributed by atoms with Gasteiger partial charge in [0.25, 0.3) is 5.56 Å². The van der Waals surface area contributed by atoms with Gasteiger partial charge in [-0.3, -0.25) is 14.2 Å². The molecule has 1 unspecified atom stereocenters. The molecular formula is C21H25N5O2S. The molecule has 3 aromatic rings. The highest BCUT2D eigenvalue weighted by Gasteiger charge is 2.21. The lowest BCUT2D eigenvalue weighted by Crippen LogP contribution is -2.34. The maximum atomic E-state index is 12.9. The van der Waals surface area contributed by atoms with Crippen LogP contribution in [0.1, 0.15) is 30.9 Å². The minimum absolute atomic E-state index is 0.0803. The molecule has 1 fully saturated rings. The molecule has 0 aliphatic carbocycles. The SMILES string of the molecule is Cc1ccc(NC(=O)Cn2cnc3nc(N4CCCC(C)C4)sc3c2=O)c(C)c1. The van der Waals surface area contributed by atoms with E-state index in [2.05, 4.69) is 27.1 Å². The molecule has 2 aromatic heterocycles. The van der Waals surface area contributed by atoms with Crippen LogP contribution >= 0.6 is 11.3 Å². The van der Waals surface area contributed by atoms with E-state index in [4.69, 9.17) is 0 Å². The Morgan fingerprint density at radius 2 is 2.17 bits per heavy atom. The van der Waals surface area contributed by atoms with E-state index in [9.17, 15) is 9.59 Å². The fourth-order valence-electron chi connectivity index (χ4n) is 3.74. The van der Waals surface area contributed by atoms with E-state index >= 15 is 0 Å². The van der Waals surface area contributed by atoms with Crippen molar-refractivity contribution < 1.29 is 4.79 Å². The molecule has 1 saturated heterocycles. The first-order valence-electron chi connectivity index (χ1n) is 9.89. The largest absolute Gasteiger partial charge is 0.348 e. The molecule has 8 heteroatoms. The highest BCUT2D eigenvalue weighted by Crippen LogP contribution is 2.29. The van der Waals surface area contributed by atoms with Gasteiger partial charge in [-0.25, -0.2) is 4.98 Å². The van der Waals surface area contributed by atoms with E-state index in [1.807, 2.05) is 32.0 Å². The summed E-state index contributed by atoms with van der Waals surface area (Å²) >= 11 is 1.37. The van der Waals surface area contributed by atoms with Crippen LogP contribution in [0.25, 0.3) is 10.3 Å². The number of nitrogens with one attached hydrogen (secondary N) is 1. The van der Waals surface area contributed by atoms with E-state index in [1.165, 1.54) is 28.7 Å². The molecule has 0 radical (unpaired) electrons. The summed E-state index contributed by atoms with van der Waals surface area (Å²) in [6.07, 6.45) is 3.77. The molecule has 0 spiro atoms. The molecule has 7 nitrogen and oxygen atoms in total. The van der Waals surface area contributed by atoms with Gasteiger partial charge < -0.3 is 10.2 Å². The van der Waals surface area contributed by atoms with Crippen LogP contribution in [-0.2, 0) is 11.3 Å². The maximum absolute atomic E-state index is 12.9. The Hall–Kier alpha value is -2.74. The van der Waals surface area contributed by atoms with Gasteiger partial charge in [-0.2, -0.15) is 4.98 Å². The third kappa shape index (κ3) is 4.17. The molecule has 3 heterocycles. The first-order valence-corrected chi connectivity index (χ1v) is 10.7. The van der Waals surface area contributed by atoms with Gasteiger partial charge in [0.15, 0.2) is 10.8 Å². The Bertz CT molecular complexity index is 1120. The van der Waals surface area contributed by atoms with Crippen LogP contribution in [0, 0.1) is 19.8 Å². The molecule has 152 valence electrons. The minimum Gasteiger partial charge on any atom is -0.348 e. The van der Waals surface area contributed by atoms with Crippen LogP contribution in [-0.4, -0.2) is 33.5 Å². The normalized spacial score (nSPS) is 16.9. The number of carbonyl (C=O) groups excluding carboxylic acids is 1. The average Bonchev–Trinajstić information content (AvgIpc) is 3.12. The number of carbonyl (C=O) groups is 1. The lowest BCUT2D eigenvalue weighted by molar-refractivity contribution is -0.116. The zero-order valence-electron chi connectivity index (χ0n) is 16.9. The van der Waals surface area contributed by atoms with E-state index in [0.717, 1.165) is 41.5 Å². The minimum atomic E-state index is -0.255. The number of nitrogens with zero attached hydrogens (tertiary/aromatic N) is 4. The monoisotopic (exact) mass is 411 g/mol. The fourth-order valence-corrected chi connectivity index (χ4v) is 4.75. The first-order chi connectivity index (χ1) is 13.9. The van der Waals surface area contributed by atoms with Crippen molar-refractivity contribution in [2.24, 2.45) is 5.92 Å². The van der Waals surface area contributed by atoms with Crippen LogP contribution in [0.4, 0.5) is 10.8 Å². The van der Waals surface area contributed by atoms with E-state index in [0.29, 0.717) is 16.3 Å². The van der Waals surface area contributed by atoms with Gasteiger partial charge in [-0.1, -0.05) is 36.0 Å². The number of thiazole rings is 1. The molecule has 1 N–H and O–H groups in total. The zero-order chi connectivity index (χ0) is 20.5. The predicted molar refractivity (Wildman–Crippen MR) is 117 cm³/mol. The topological polar surface area (TPSA) is 80.1 Å². The van der Waals surface area contributed by atoms with Gasteiger partial charge in [-0.05, 0) is 44.2 Å². The van der Waals surface area contributed by atoms with E-state index in [1.54, 1.807) is 0 Å². The number of hydrogen-bond donors (Lipinski definition) is 1. The van der Waals surface area contributed by atoms with E-state index in [-0.39, 0.29) is 18.0 Å². The molecule has 1 atom stereocenters. The third-order valence-electron chi connectivity index (χ3n) is 5.27. The van der Waals surface area contributed by atoms with Crippen molar-refractivity contribution in [3.63, 3.8) is 0 Å². The van der Waals surface area contributed by atoms with Gasteiger partial charge in [0, 0.05) is 18.8 Å².